The SMILES string of the molecule is CN(Cc1ccccc1)CC1CCN(CC(=O)Nc2cccc(Cl)c2Cl)CC1. The van der Waals surface area contributed by atoms with Crippen molar-refractivity contribution in [3.63, 3.8) is 0 Å². The zero-order valence-electron chi connectivity index (χ0n) is 16.2. The molecule has 4 nitrogen and oxygen atoms in total. The van der Waals surface area contributed by atoms with Gasteiger partial charge in [0.05, 0.1) is 22.3 Å². The zero-order valence-corrected chi connectivity index (χ0v) is 17.7. The smallest absolute Gasteiger partial charge is 0.238 e. The molecule has 0 aliphatic carbocycles. The average molecular weight is 420 g/mol. The predicted octanol–water partition coefficient (Wildman–Crippen LogP) is 4.78. The summed E-state index contributed by atoms with van der Waals surface area (Å²) in [5.74, 6) is 0.624. The van der Waals surface area contributed by atoms with E-state index in [2.05, 4.69) is 52.5 Å². The second kappa shape index (κ2) is 10.3. The molecule has 2 aromatic rings. The molecule has 1 heterocycles. The van der Waals surface area contributed by atoms with E-state index in [1.165, 1.54) is 5.56 Å². The number of carbonyl (C=O) groups excluding carboxylic acids is 1. The highest BCUT2D eigenvalue weighted by atomic mass is 35.5. The molecule has 0 saturated carbocycles. The predicted molar refractivity (Wildman–Crippen MR) is 117 cm³/mol. The van der Waals surface area contributed by atoms with Crippen LogP contribution in [-0.4, -0.2) is 48.9 Å². The zero-order chi connectivity index (χ0) is 19.9. The lowest BCUT2D eigenvalue weighted by Crippen LogP contribution is -2.41. The van der Waals surface area contributed by atoms with Gasteiger partial charge in [-0.15, -0.1) is 0 Å². The van der Waals surface area contributed by atoms with Gasteiger partial charge in [-0.2, -0.15) is 0 Å². The molecule has 3 rings (SSSR count). The van der Waals surface area contributed by atoms with Crippen molar-refractivity contribution in [2.45, 2.75) is 19.4 Å². The van der Waals surface area contributed by atoms with Gasteiger partial charge in [-0.25, -0.2) is 0 Å². The first-order chi connectivity index (χ1) is 13.5. The normalized spacial score (nSPS) is 15.7. The Balaban J connectivity index is 1.40. The van der Waals surface area contributed by atoms with E-state index in [9.17, 15) is 4.79 Å². The van der Waals surface area contributed by atoms with Crippen molar-refractivity contribution in [1.29, 1.82) is 0 Å². The van der Waals surface area contributed by atoms with E-state index in [0.717, 1.165) is 39.0 Å². The third-order valence-corrected chi connectivity index (χ3v) is 5.98. The van der Waals surface area contributed by atoms with Gasteiger partial charge in [0.2, 0.25) is 5.91 Å². The third kappa shape index (κ3) is 6.21. The molecule has 1 saturated heterocycles. The quantitative estimate of drug-likeness (QED) is 0.701. The molecule has 0 radical (unpaired) electrons. The Morgan fingerprint density at radius 3 is 2.54 bits per heavy atom. The fraction of sp³-hybridized carbons (Fsp3) is 0.409. The first-order valence-corrected chi connectivity index (χ1v) is 10.5. The van der Waals surface area contributed by atoms with Crippen molar-refractivity contribution in [2.75, 3.05) is 38.5 Å². The number of nitrogens with zero attached hydrogens (tertiary/aromatic N) is 2. The number of nitrogens with one attached hydrogen (secondary N) is 1. The van der Waals surface area contributed by atoms with Gasteiger partial charge in [0.1, 0.15) is 0 Å². The Morgan fingerprint density at radius 1 is 1.11 bits per heavy atom. The van der Waals surface area contributed by atoms with Gasteiger partial charge < -0.3 is 10.2 Å². The van der Waals surface area contributed by atoms with Gasteiger partial charge in [-0.05, 0) is 56.6 Å². The highest BCUT2D eigenvalue weighted by molar-refractivity contribution is 6.44. The van der Waals surface area contributed by atoms with Crippen LogP contribution in [0.4, 0.5) is 5.69 Å². The van der Waals surface area contributed by atoms with Crippen LogP contribution in [0.2, 0.25) is 10.0 Å². The molecule has 0 spiro atoms. The number of likely N-dealkylation sites (tertiary alicyclic amines) is 1. The molecule has 0 bridgehead atoms. The number of hydrogen-bond donors (Lipinski definition) is 1. The van der Waals surface area contributed by atoms with Crippen molar-refractivity contribution in [3.05, 3.63) is 64.1 Å². The summed E-state index contributed by atoms with van der Waals surface area (Å²) in [7, 11) is 2.18. The fourth-order valence-electron chi connectivity index (χ4n) is 3.72. The lowest BCUT2D eigenvalue weighted by molar-refractivity contribution is -0.117. The number of amides is 1. The summed E-state index contributed by atoms with van der Waals surface area (Å²) >= 11 is 12.1. The molecule has 0 aromatic heterocycles. The summed E-state index contributed by atoms with van der Waals surface area (Å²) in [6.45, 7) is 4.34. The molecule has 0 atom stereocenters. The van der Waals surface area contributed by atoms with Gasteiger partial charge >= 0.3 is 0 Å². The van der Waals surface area contributed by atoms with E-state index in [0.29, 0.717) is 28.2 Å². The minimum Gasteiger partial charge on any atom is -0.324 e. The maximum absolute atomic E-state index is 12.3. The van der Waals surface area contributed by atoms with E-state index in [1.807, 2.05) is 0 Å². The van der Waals surface area contributed by atoms with E-state index < -0.39 is 0 Å². The summed E-state index contributed by atoms with van der Waals surface area (Å²) in [5.41, 5.74) is 1.91. The maximum atomic E-state index is 12.3. The van der Waals surface area contributed by atoms with Crippen LogP contribution in [0.15, 0.2) is 48.5 Å². The van der Waals surface area contributed by atoms with Gasteiger partial charge in [0.25, 0.3) is 0 Å². The van der Waals surface area contributed by atoms with Crippen molar-refractivity contribution < 1.29 is 4.79 Å². The summed E-state index contributed by atoms with van der Waals surface area (Å²) in [4.78, 5) is 16.9. The molecule has 1 amide bonds. The van der Waals surface area contributed by atoms with Crippen LogP contribution in [0.5, 0.6) is 0 Å². The molecule has 6 heteroatoms. The lowest BCUT2D eigenvalue weighted by Gasteiger charge is -2.33. The molecule has 2 aromatic carbocycles. The lowest BCUT2D eigenvalue weighted by atomic mass is 9.96. The van der Waals surface area contributed by atoms with Crippen LogP contribution in [-0.2, 0) is 11.3 Å². The standard InChI is InChI=1S/C22H27Cl2N3O/c1-26(14-17-6-3-2-4-7-17)15-18-10-12-27(13-11-18)16-21(28)25-20-9-5-8-19(23)22(20)24/h2-9,18H,10-16H2,1H3,(H,25,28). The number of carbonyl (C=O) groups is 1. The highest BCUT2D eigenvalue weighted by Gasteiger charge is 2.22. The maximum Gasteiger partial charge on any atom is 0.238 e. The summed E-state index contributed by atoms with van der Waals surface area (Å²) in [6, 6.07) is 15.8. The number of rotatable bonds is 7. The van der Waals surface area contributed by atoms with Crippen LogP contribution < -0.4 is 5.32 Å². The fourth-order valence-corrected chi connectivity index (χ4v) is 4.07. The third-order valence-electron chi connectivity index (χ3n) is 5.17. The van der Waals surface area contributed by atoms with Crippen LogP contribution in [0.25, 0.3) is 0 Å². The number of halogens is 2. The van der Waals surface area contributed by atoms with E-state index in [4.69, 9.17) is 23.2 Å². The topological polar surface area (TPSA) is 35.6 Å². The Labute approximate surface area is 177 Å². The molecular formula is C22H27Cl2N3O. The van der Waals surface area contributed by atoms with E-state index >= 15 is 0 Å². The molecule has 1 fully saturated rings. The largest absolute Gasteiger partial charge is 0.324 e. The van der Waals surface area contributed by atoms with Gasteiger partial charge in [-0.1, -0.05) is 59.6 Å². The first kappa shape index (κ1) is 21.1. The minimum absolute atomic E-state index is 0.0520. The summed E-state index contributed by atoms with van der Waals surface area (Å²) in [6.07, 6.45) is 2.23. The molecule has 150 valence electrons. The Bertz CT molecular complexity index is 777. The summed E-state index contributed by atoms with van der Waals surface area (Å²) < 4.78 is 0. The van der Waals surface area contributed by atoms with Gasteiger partial charge in [0.15, 0.2) is 0 Å². The minimum atomic E-state index is -0.0520. The van der Waals surface area contributed by atoms with Crippen LogP contribution in [0.3, 0.4) is 0 Å². The number of anilines is 1. The highest BCUT2D eigenvalue weighted by Crippen LogP contribution is 2.29. The Kier molecular flexibility index (Phi) is 7.74. The average Bonchev–Trinajstić information content (AvgIpc) is 2.68. The first-order valence-electron chi connectivity index (χ1n) is 9.70. The van der Waals surface area contributed by atoms with Gasteiger partial charge in [0, 0.05) is 13.1 Å². The number of piperidine rings is 1. The van der Waals surface area contributed by atoms with E-state index in [1.54, 1.807) is 18.2 Å². The second-order valence-corrected chi connectivity index (χ2v) is 8.34. The molecule has 28 heavy (non-hydrogen) atoms. The molecule has 1 N–H and O–H groups in total. The van der Waals surface area contributed by atoms with Crippen LogP contribution >= 0.6 is 23.2 Å². The molecule has 0 unspecified atom stereocenters. The van der Waals surface area contributed by atoms with Gasteiger partial charge in [-0.3, -0.25) is 9.69 Å². The number of benzene rings is 2. The molecule has 1 aliphatic heterocycles. The Hall–Kier alpha value is -1.59. The monoisotopic (exact) mass is 419 g/mol. The van der Waals surface area contributed by atoms with Crippen molar-refractivity contribution in [2.24, 2.45) is 5.92 Å². The number of hydrogen-bond acceptors (Lipinski definition) is 3. The van der Waals surface area contributed by atoms with Crippen LogP contribution in [0.1, 0.15) is 18.4 Å². The molecular weight excluding hydrogens is 393 g/mol. The summed E-state index contributed by atoms with van der Waals surface area (Å²) in [5, 5.41) is 3.69. The van der Waals surface area contributed by atoms with Crippen molar-refractivity contribution in [1.82, 2.24) is 9.80 Å². The molecule has 1 aliphatic rings. The second-order valence-electron chi connectivity index (χ2n) is 7.55. The van der Waals surface area contributed by atoms with Crippen molar-refractivity contribution in [3.8, 4) is 0 Å². The van der Waals surface area contributed by atoms with Crippen LogP contribution in [0, 0.1) is 5.92 Å². The Morgan fingerprint density at radius 2 is 1.82 bits per heavy atom. The van der Waals surface area contributed by atoms with E-state index in [-0.39, 0.29) is 5.91 Å². The van der Waals surface area contributed by atoms with Crippen molar-refractivity contribution >= 4 is 34.8 Å².